The first-order valence-corrected chi connectivity index (χ1v) is 4.39. The molecule has 1 rings (SSSR count). The largest absolute Gasteiger partial charge is 0.497 e. The molecule has 12 heavy (non-hydrogen) atoms. The van der Waals surface area contributed by atoms with Crippen LogP contribution in [-0.4, -0.2) is 6.61 Å². The second-order valence-electron chi connectivity index (χ2n) is 3.21. The molecule has 1 aliphatic rings. The summed E-state index contributed by atoms with van der Waals surface area (Å²) in [4.78, 5) is 0. The molecule has 0 aromatic heterocycles. The molecule has 0 radical (unpaired) electrons. The van der Waals surface area contributed by atoms with Crippen molar-refractivity contribution < 1.29 is 9.13 Å². The van der Waals surface area contributed by atoms with Crippen molar-refractivity contribution in [1.82, 2.24) is 0 Å². The number of hydrogen-bond donors (Lipinski definition) is 0. The fraction of sp³-hybridized carbons (Fsp3) is 0.600. The van der Waals surface area contributed by atoms with Crippen LogP contribution < -0.4 is 0 Å². The molecule has 0 aliphatic carbocycles. The monoisotopic (exact) mass is 170 g/mol. The third-order valence-electron chi connectivity index (χ3n) is 2.05. The van der Waals surface area contributed by atoms with Crippen LogP contribution in [0.15, 0.2) is 23.7 Å². The minimum Gasteiger partial charge on any atom is -0.497 e. The third kappa shape index (κ3) is 2.10. The highest BCUT2D eigenvalue weighted by Crippen LogP contribution is 2.26. The van der Waals surface area contributed by atoms with Gasteiger partial charge in [-0.05, 0) is 24.0 Å². The standard InChI is InChI=1S/C10H15FO/c1-3-10-9(4-5-11)6-8(2)7-12-10/h4-5,8H,3,6-7H2,1-2H3/b5-4+. The average molecular weight is 170 g/mol. The van der Waals surface area contributed by atoms with Gasteiger partial charge in [-0.15, -0.1) is 0 Å². The van der Waals surface area contributed by atoms with Gasteiger partial charge in [-0.2, -0.15) is 0 Å². The predicted molar refractivity (Wildman–Crippen MR) is 47.3 cm³/mol. The zero-order valence-corrected chi connectivity index (χ0v) is 7.64. The zero-order valence-electron chi connectivity index (χ0n) is 7.64. The van der Waals surface area contributed by atoms with Crippen molar-refractivity contribution in [3.8, 4) is 0 Å². The highest BCUT2D eigenvalue weighted by atomic mass is 19.1. The molecule has 1 atom stereocenters. The second-order valence-corrected chi connectivity index (χ2v) is 3.21. The minimum absolute atomic E-state index is 0.506. The van der Waals surface area contributed by atoms with Gasteiger partial charge in [0.25, 0.3) is 0 Å². The van der Waals surface area contributed by atoms with Crippen LogP contribution in [-0.2, 0) is 4.74 Å². The molecular weight excluding hydrogens is 155 g/mol. The van der Waals surface area contributed by atoms with Crippen molar-refractivity contribution in [3.63, 3.8) is 0 Å². The van der Waals surface area contributed by atoms with Crippen molar-refractivity contribution in [2.75, 3.05) is 6.61 Å². The molecule has 1 heterocycles. The summed E-state index contributed by atoms with van der Waals surface area (Å²) in [5.41, 5.74) is 1.01. The molecule has 1 aliphatic heterocycles. The average Bonchev–Trinajstić information content (AvgIpc) is 2.05. The van der Waals surface area contributed by atoms with E-state index in [1.54, 1.807) is 0 Å². The highest BCUT2D eigenvalue weighted by molar-refractivity contribution is 5.23. The van der Waals surface area contributed by atoms with E-state index in [-0.39, 0.29) is 0 Å². The van der Waals surface area contributed by atoms with Crippen molar-refractivity contribution in [2.45, 2.75) is 26.7 Å². The Morgan fingerprint density at radius 2 is 2.42 bits per heavy atom. The molecule has 0 aromatic carbocycles. The van der Waals surface area contributed by atoms with E-state index in [2.05, 4.69) is 6.92 Å². The molecule has 0 spiro atoms. The summed E-state index contributed by atoms with van der Waals surface area (Å²) in [6.07, 6.45) is 3.89. The van der Waals surface area contributed by atoms with Gasteiger partial charge < -0.3 is 4.74 Å². The molecule has 0 bridgehead atoms. The zero-order chi connectivity index (χ0) is 8.97. The normalized spacial score (nSPS) is 24.8. The van der Waals surface area contributed by atoms with Crippen LogP contribution in [0.2, 0.25) is 0 Å². The molecule has 68 valence electrons. The summed E-state index contributed by atoms with van der Waals surface area (Å²) < 4.78 is 17.4. The first-order valence-electron chi connectivity index (χ1n) is 4.39. The molecule has 0 aromatic rings. The summed E-state index contributed by atoms with van der Waals surface area (Å²) in [7, 11) is 0. The van der Waals surface area contributed by atoms with Gasteiger partial charge in [0, 0.05) is 6.42 Å². The molecule has 1 unspecified atom stereocenters. The van der Waals surface area contributed by atoms with E-state index in [1.165, 1.54) is 6.08 Å². The van der Waals surface area contributed by atoms with Crippen molar-refractivity contribution in [1.29, 1.82) is 0 Å². The fourth-order valence-electron chi connectivity index (χ4n) is 1.45. The van der Waals surface area contributed by atoms with Crippen LogP contribution in [0, 0.1) is 5.92 Å². The number of allylic oxidation sites excluding steroid dienone is 3. The van der Waals surface area contributed by atoms with Gasteiger partial charge in [0.1, 0.15) is 0 Å². The van der Waals surface area contributed by atoms with E-state index in [1.807, 2.05) is 6.92 Å². The first-order chi connectivity index (χ1) is 5.77. The molecule has 0 N–H and O–H groups in total. The van der Waals surface area contributed by atoms with Crippen LogP contribution in [0.5, 0.6) is 0 Å². The minimum atomic E-state index is 0.506. The number of hydrogen-bond acceptors (Lipinski definition) is 1. The Kier molecular flexibility index (Phi) is 3.32. The number of halogens is 1. The maximum absolute atomic E-state index is 11.9. The van der Waals surface area contributed by atoms with Gasteiger partial charge in [-0.1, -0.05) is 13.8 Å². The summed E-state index contributed by atoms with van der Waals surface area (Å²) in [5.74, 6) is 1.45. The fourth-order valence-corrected chi connectivity index (χ4v) is 1.45. The summed E-state index contributed by atoms with van der Waals surface area (Å²) in [5, 5.41) is 0. The van der Waals surface area contributed by atoms with Gasteiger partial charge in [0.05, 0.1) is 18.7 Å². The summed E-state index contributed by atoms with van der Waals surface area (Å²) in [6, 6.07) is 0. The van der Waals surface area contributed by atoms with Crippen LogP contribution in [0.4, 0.5) is 4.39 Å². The molecule has 0 fully saturated rings. The Bertz CT molecular complexity index is 206. The van der Waals surface area contributed by atoms with Crippen LogP contribution >= 0.6 is 0 Å². The van der Waals surface area contributed by atoms with E-state index in [0.717, 1.165) is 30.8 Å². The Morgan fingerprint density at radius 3 is 3.00 bits per heavy atom. The second kappa shape index (κ2) is 4.29. The van der Waals surface area contributed by atoms with Crippen molar-refractivity contribution in [3.05, 3.63) is 23.7 Å². The van der Waals surface area contributed by atoms with Gasteiger partial charge in [-0.3, -0.25) is 0 Å². The van der Waals surface area contributed by atoms with Crippen molar-refractivity contribution in [2.24, 2.45) is 5.92 Å². The lowest BCUT2D eigenvalue weighted by molar-refractivity contribution is 0.143. The predicted octanol–water partition coefficient (Wildman–Crippen LogP) is 3.19. The third-order valence-corrected chi connectivity index (χ3v) is 2.05. The topological polar surface area (TPSA) is 9.23 Å². The summed E-state index contributed by atoms with van der Waals surface area (Å²) >= 11 is 0. The molecule has 0 amide bonds. The molecule has 0 saturated carbocycles. The van der Waals surface area contributed by atoms with Gasteiger partial charge >= 0.3 is 0 Å². The van der Waals surface area contributed by atoms with Gasteiger partial charge in [0.15, 0.2) is 0 Å². The Hall–Kier alpha value is -0.790. The van der Waals surface area contributed by atoms with E-state index in [0.29, 0.717) is 12.2 Å². The van der Waals surface area contributed by atoms with E-state index in [4.69, 9.17) is 4.74 Å². The first kappa shape index (κ1) is 9.30. The lowest BCUT2D eigenvalue weighted by Crippen LogP contribution is -2.14. The lowest BCUT2D eigenvalue weighted by atomic mass is 9.97. The molecule has 1 nitrogen and oxygen atoms in total. The Labute approximate surface area is 72.9 Å². The Balaban J connectivity index is 2.77. The number of rotatable bonds is 2. The van der Waals surface area contributed by atoms with Crippen LogP contribution in [0.3, 0.4) is 0 Å². The van der Waals surface area contributed by atoms with E-state index >= 15 is 0 Å². The van der Waals surface area contributed by atoms with E-state index in [9.17, 15) is 4.39 Å². The highest BCUT2D eigenvalue weighted by Gasteiger charge is 2.15. The quantitative estimate of drug-likeness (QED) is 0.618. The Morgan fingerprint density at radius 1 is 1.67 bits per heavy atom. The summed E-state index contributed by atoms with van der Waals surface area (Å²) in [6.45, 7) is 4.91. The van der Waals surface area contributed by atoms with E-state index < -0.39 is 0 Å². The van der Waals surface area contributed by atoms with Crippen LogP contribution in [0.25, 0.3) is 0 Å². The molecule has 0 saturated heterocycles. The maximum atomic E-state index is 11.9. The molecule has 2 heteroatoms. The molecular formula is C10H15FO. The number of ether oxygens (including phenoxy) is 1. The SMILES string of the molecule is CCC1=C(/C=C/F)CC(C)CO1. The maximum Gasteiger partial charge on any atom is 0.0989 e. The van der Waals surface area contributed by atoms with Crippen LogP contribution in [0.1, 0.15) is 26.7 Å². The van der Waals surface area contributed by atoms with Gasteiger partial charge in [-0.25, -0.2) is 4.39 Å². The van der Waals surface area contributed by atoms with Crippen molar-refractivity contribution >= 4 is 0 Å². The van der Waals surface area contributed by atoms with Gasteiger partial charge in [0.2, 0.25) is 0 Å². The lowest BCUT2D eigenvalue weighted by Gasteiger charge is -2.23. The smallest absolute Gasteiger partial charge is 0.0989 e.